The largest absolute Gasteiger partial charge is 1.00 e. The van der Waals surface area contributed by atoms with Crippen LogP contribution in [0.4, 0.5) is 4.79 Å². The van der Waals surface area contributed by atoms with Crippen LogP contribution in [0.5, 0.6) is 5.75 Å². The van der Waals surface area contributed by atoms with Gasteiger partial charge in [-0.15, -0.1) is 5.06 Å². The Morgan fingerprint density at radius 2 is 1.31 bits per heavy atom. The maximum Gasteiger partial charge on any atom is 1.00 e. The molecular weight excluding hydrogens is 1390 g/mol. The Hall–Kier alpha value is -4.39. The molecule has 5 aliphatic rings. The van der Waals surface area contributed by atoms with Crippen LogP contribution in [-0.2, 0) is 81.7 Å². The molecule has 0 radical (unpaired) electrons. The molecule has 15 atom stereocenters. The number of benzene rings is 1. The van der Waals surface area contributed by atoms with Crippen LogP contribution in [0.2, 0.25) is 0 Å². The summed E-state index contributed by atoms with van der Waals surface area (Å²) < 4.78 is 78.2. The van der Waals surface area contributed by atoms with E-state index in [1.807, 2.05) is 11.8 Å². The second-order valence-electron chi connectivity index (χ2n) is 22.1. The number of amides is 9. The normalized spacial score (nSPS) is 26.7. The van der Waals surface area contributed by atoms with Crippen molar-refractivity contribution in [1.82, 2.24) is 42.3 Å². The summed E-state index contributed by atoms with van der Waals surface area (Å²) in [5.74, 6) is -5.75. The van der Waals surface area contributed by atoms with Crippen molar-refractivity contribution in [1.29, 1.82) is 0 Å². The van der Waals surface area contributed by atoms with Gasteiger partial charge in [-0.05, 0) is 31.0 Å². The number of hydroxylamine groups is 2. The minimum Gasteiger partial charge on any atom is -0.747 e. The van der Waals surface area contributed by atoms with Gasteiger partial charge in [0.1, 0.15) is 76.6 Å². The third-order valence-electron chi connectivity index (χ3n) is 15.0. The molecule has 1 aromatic rings. The van der Waals surface area contributed by atoms with Crippen molar-refractivity contribution in [2.75, 3.05) is 110 Å². The number of fused-ring (bicyclic) bond motifs is 1. The summed E-state index contributed by atoms with van der Waals surface area (Å²) in [7, 11) is -2.54. The van der Waals surface area contributed by atoms with Gasteiger partial charge in [-0.3, -0.25) is 33.6 Å². The van der Waals surface area contributed by atoms with Crippen molar-refractivity contribution >= 4 is 96.8 Å². The van der Waals surface area contributed by atoms with Crippen LogP contribution in [0.25, 0.3) is 0 Å². The Balaban J connectivity index is 0.0000170. The standard InChI is InChI=1S/C55H84N8O29S4.Na/c64-24-33-47(43(70)45(72)53(78)90-33)88-26-30(27-89-48-34(25-65)91-54(79)46(73)44(48)71)59-49(74)29-4-3-5-31(22-29)87-19-18-86-17-16-85-15-14-84-13-11-58-51(76)42(50(75)57-10-8-40(69)92-63-39(68)23-36(52(63)77)96(81,82)83)61-38(67)9-20-94-95-21-12-56-37(66)7-2-1-6-35-41-32(28-93-35)60-55(80)62-41;/h3-5,22,30,32-36,41-48,53-54,64-65,70-73,78-79H,1-2,6-21,23-28H2,(H,56,66)(H,57,75)(H,58,76)(H,59,74)(H,61,67)(H2,60,62,80)(H,81,82,83);/q;+1/p-1. The molecule has 0 bridgehead atoms. The third-order valence-corrected chi connectivity index (χ3v) is 20.0. The second-order valence-corrected chi connectivity index (χ2v) is 27.6. The molecule has 542 valence electrons. The van der Waals surface area contributed by atoms with Crippen molar-refractivity contribution in [3.8, 4) is 5.75 Å². The van der Waals surface area contributed by atoms with E-state index in [0.717, 1.165) is 18.6 Å². The third kappa shape index (κ3) is 26.8. The number of thioether (sulfide) groups is 1. The van der Waals surface area contributed by atoms with Crippen LogP contribution < -0.4 is 71.5 Å². The molecule has 37 nitrogen and oxygen atoms in total. The van der Waals surface area contributed by atoms with Gasteiger partial charge in [0, 0.05) is 60.5 Å². The van der Waals surface area contributed by atoms with Gasteiger partial charge in [0.05, 0.1) is 97.0 Å². The molecule has 6 rings (SSSR count). The van der Waals surface area contributed by atoms with Gasteiger partial charge >= 0.3 is 41.6 Å². The number of hydrogen-bond acceptors (Lipinski definition) is 32. The van der Waals surface area contributed by atoms with Crippen LogP contribution in [-0.4, -0.2) is 318 Å². The molecular formula is C55H83N8NaO29S4. The van der Waals surface area contributed by atoms with Crippen molar-refractivity contribution in [3.63, 3.8) is 0 Å². The molecule has 0 spiro atoms. The smallest absolute Gasteiger partial charge is 0.747 e. The number of rotatable bonds is 43. The predicted octanol–water partition coefficient (Wildman–Crippen LogP) is -10.3. The van der Waals surface area contributed by atoms with E-state index >= 15 is 0 Å². The molecule has 15 N–H and O–H groups in total. The molecule has 0 saturated carbocycles. The molecule has 15 unspecified atom stereocenters. The molecule has 42 heteroatoms. The quantitative estimate of drug-likeness (QED) is 0.00549. The summed E-state index contributed by atoms with van der Waals surface area (Å²) >= 11 is 1.81. The average molecular weight is 1470 g/mol. The van der Waals surface area contributed by atoms with E-state index in [9.17, 15) is 97.0 Å². The van der Waals surface area contributed by atoms with Crippen LogP contribution in [0, 0.1) is 0 Å². The van der Waals surface area contributed by atoms with Crippen LogP contribution in [0.1, 0.15) is 55.3 Å². The molecule has 1 aromatic carbocycles. The van der Waals surface area contributed by atoms with Crippen molar-refractivity contribution < 1.29 is 169 Å². The predicted molar refractivity (Wildman–Crippen MR) is 330 cm³/mol. The molecule has 0 aliphatic carbocycles. The minimum atomic E-state index is -5.24. The maximum atomic E-state index is 13.6. The number of aliphatic hydroxyl groups is 8. The summed E-state index contributed by atoms with van der Waals surface area (Å²) in [6, 6.07) is 3.07. The van der Waals surface area contributed by atoms with Gasteiger partial charge in [-0.25, -0.2) is 18.0 Å². The van der Waals surface area contributed by atoms with Crippen molar-refractivity contribution in [2.24, 2.45) is 0 Å². The van der Waals surface area contributed by atoms with Crippen LogP contribution in [0.15, 0.2) is 24.3 Å². The van der Waals surface area contributed by atoms with E-state index < -0.39 is 176 Å². The number of unbranched alkanes of at least 4 members (excludes halogenated alkanes) is 1. The number of hydrogen-bond donors (Lipinski definition) is 15. The fourth-order valence-electron chi connectivity index (χ4n) is 10.0. The molecule has 5 saturated heterocycles. The van der Waals surface area contributed by atoms with E-state index in [1.54, 1.807) is 6.07 Å². The Morgan fingerprint density at radius 1 is 0.711 bits per heavy atom. The van der Waals surface area contributed by atoms with Crippen molar-refractivity contribution in [2.45, 2.75) is 141 Å². The Morgan fingerprint density at radius 3 is 1.92 bits per heavy atom. The monoisotopic (exact) mass is 1470 g/mol. The molecule has 0 aromatic heterocycles. The average Bonchev–Trinajstić information content (AvgIpc) is 1.80. The van der Waals surface area contributed by atoms with Gasteiger partial charge in [0.25, 0.3) is 29.5 Å². The Kier molecular flexibility index (Phi) is 36.7. The number of nitrogens with one attached hydrogen (secondary N) is 7. The van der Waals surface area contributed by atoms with E-state index in [4.69, 9.17) is 37.9 Å². The summed E-state index contributed by atoms with van der Waals surface area (Å²) in [5.41, 5.74) is 0.0811. The number of carbonyl (C=O) groups excluding carboxylic acids is 9. The zero-order valence-corrected chi connectivity index (χ0v) is 58.0. The number of aliphatic hydroxyl groups excluding tert-OH is 8. The Bertz CT molecular complexity index is 2810. The maximum absolute atomic E-state index is 13.6. The van der Waals surface area contributed by atoms with E-state index in [-0.39, 0.29) is 135 Å². The van der Waals surface area contributed by atoms with E-state index in [1.165, 1.54) is 39.8 Å². The second kappa shape index (κ2) is 42.8. The molecule has 9 amide bonds. The summed E-state index contributed by atoms with van der Waals surface area (Å²) in [5, 5.41) is 97.4. The van der Waals surface area contributed by atoms with Gasteiger partial charge in [0.15, 0.2) is 18.6 Å². The fraction of sp³-hybridized carbons (Fsp3) is 0.727. The number of nitrogens with zero attached hydrogens (tertiary/aromatic N) is 1. The van der Waals surface area contributed by atoms with Gasteiger partial charge in [0.2, 0.25) is 11.8 Å². The van der Waals surface area contributed by atoms with E-state index in [0.29, 0.717) is 30.4 Å². The number of imide groups is 1. The Labute approximate surface area is 590 Å². The number of carbonyl (C=O) groups is 9. The zero-order chi connectivity index (χ0) is 69.9. The zero-order valence-electron chi connectivity index (χ0n) is 52.7. The van der Waals surface area contributed by atoms with Gasteiger partial charge in [-0.2, -0.15) is 11.8 Å². The SMILES string of the molecule is O=C(CCCCC1SCC2NC(=O)NC21)NCCSSCCC(=O)NC(C(=O)NCCOCCOCCOCCOc1cccc(C(=O)NC(COC2C(CO)OC(O)C(O)C2O)COC2C(CO)OC(O)C(O)C2O)c1)C(=O)NCCC(=O)ON1C(=O)CC(S(=O)(=O)[O-])C1=O.[Na+]. The van der Waals surface area contributed by atoms with Crippen molar-refractivity contribution in [3.05, 3.63) is 29.8 Å². The number of ether oxygens (including phenoxy) is 8. The minimum absolute atomic E-state index is 0. The first-order valence-electron chi connectivity index (χ1n) is 30.6. The molecule has 5 fully saturated rings. The first kappa shape index (κ1) is 83.3. The van der Waals surface area contributed by atoms with Crippen LogP contribution >= 0.6 is 33.3 Å². The molecule has 5 aliphatic heterocycles. The molecule has 97 heavy (non-hydrogen) atoms. The van der Waals surface area contributed by atoms with Gasteiger partial charge < -0.3 is 125 Å². The fourth-order valence-corrected chi connectivity index (χ4v) is 14.1. The topological polar surface area (TPSA) is 543 Å². The van der Waals surface area contributed by atoms with Gasteiger partial charge in [-0.1, -0.05) is 34.1 Å². The van der Waals surface area contributed by atoms with E-state index in [2.05, 4.69) is 42.1 Å². The summed E-state index contributed by atoms with van der Waals surface area (Å²) in [6.45, 7) is -2.32. The first-order chi connectivity index (χ1) is 45.9. The summed E-state index contributed by atoms with van der Waals surface area (Å²) in [4.78, 5) is 119. The number of urea groups is 1. The first-order valence-corrected chi connectivity index (χ1v) is 35.6. The van der Waals surface area contributed by atoms with Crippen LogP contribution in [0.3, 0.4) is 0 Å². The summed E-state index contributed by atoms with van der Waals surface area (Å²) in [6.07, 6.45) is -15.3. The molecule has 5 heterocycles.